The van der Waals surface area contributed by atoms with Crippen LogP contribution in [0.15, 0.2) is 11.8 Å². The molecule has 1 amide bonds. The highest BCUT2D eigenvalue weighted by Gasteiger charge is 2.30. The summed E-state index contributed by atoms with van der Waals surface area (Å²) < 4.78 is 4.91. The minimum atomic E-state index is -0.516. The first kappa shape index (κ1) is 17.4. The van der Waals surface area contributed by atoms with Crippen molar-refractivity contribution in [3.63, 3.8) is 0 Å². The largest absolute Gasteiger partial charge is 0.461 e. The predicted octanol–water partition coefficient (Wildman–Crippen LogP) is 2.50. The van der Waals surface area contributed by atoms with Crippen LogP contribution in [0.25, 0.3) is 0 Å². The van der Waals surface area contributed by atoms with Crippen molar-refractivity contribution in [2.45, 2.75) is 59.3 Å². The summed E-state index contributed by atoms with van der Waals surface area (Å²) in [5.41, 5.74) is 0.192. The van der Waals surface area contributed by atoms with Gasteiger partial charge in [0.25, 0.3) is 0 Å². The summed E-state index contributed by atoms with van der Waals surface area (Å²) in [7, 11) is 0. The second-order valence-corrected chi connectivity index (χ2v) is 5.94. The van der Waals surface area contributed by atoms with E-state index in [-0.39, 0.29) is 23.6 Å². The molecule has 5 nitrogen and oxygen atoms in total. The standard InChI is InChI=1S/C16H25NO4/c1-4-21-15(20)14(17-12(2)18)8-6-10-16(3)9-5-7-13(19)11-16/h8H,4-7,9-11H2,1-3H3,(H,17,18)/b14-8-. The fourth-order valence-corrected chi connectivity index (χ4v) is 2.73. The number of hydrogen-bond donors (Lipinski definition) is 1. The number of amides is 1. The van der Waals surface area contributed by atoms with Gasteiger partial charge in [0, 0.05) is 19.8 Å². The SMILES string of the molecule is CCOC(=O)/C(=C/CCC1(C)CCCC(=O)C1)NC(C)=O. The van der Waals surface area contributed by atoms with E-state index in [0.29, 0.717) is 25.0 Å². The van der Waals surface area contributed by atoms with Crippen molar-refractivity contribution in [2.24, 2.45) is 5.41 Å². The molecular formula is C16H25NO4. The molecule has 0 aromatic carbocycles. The molecule has 0 spiro atoms. The summed E-state index contributed by atoms with van der Waals surface area (Å²) in [6.07, 6.45) is 6.42. The van der Waals surface area contributed by atoms with E-state index in [1.807, 2.05) is 0 Å². The van der Waals surface area contributed by atoms with Crippen molar-refractivity contribution < 1.29 is 19.1 Å². The molecule has 0 aliphatic heterocycles. The Balaban J connectivity index is 2.62. The predicted molar refractivity (Wildman–Crippen MR) is 79.3 cm³/mol. The van der Waals surface area contributed by atoms with E-state index in [9.17, 15) is 14.4 Å². The van der Waals surface area contributed by atoms with E-state index in [4.69, 9.17) is 4.74 Å². The molecule has 21 heavy (non-hydrogen) atoms. The maximum absolute atomic E-state index is 11.7. The van der Waals surface area contributed by atoms with E-state index in [1.54, 1.807) is 13.0 Å². The van der Waals surface area contributed by atoms with Crippen LogP contribution < -0.4 is 5.32 Å². The van der Waals surface area contributed by atoms with Gasteiger partial charge in [-0.15, -0.1) is 0 Å². The lowest BCUT2D eigenvalue weighted by molar-refractivity contribution is -0.140. The van der Waals surface area contributed by atoms with Gasteiger partial charge in [0.1, 0.15) is 11.5 Å². The van der Waals surface area contributed by atoms with Crippen molar-refractivity contribution in [1.82, 2.24) is 5.32 Å². The molecule has 1 atom stereocenters. The Hall–Kier alpha value is -1.65. The van der Waals surface area contributed by atoms with Gasteiger partial charge in [-0.2, -0.15) is 0 Å². The van der Waals surface area contributed by atoms with Gasteiger partial charge < -0.3 is 10.1 Å². The van der Waals surface area contributed by atoms with Crippen molar-refractivity contribution in [2.75, 3.05) is 6.61 Å². The zero-order chi connectivity index (χ0) is 15.9. The Labute approximate surface area is 126 Å². The minimum Gasteiger partial charge on any atom is -0.461 e. The zero-order valence-corrected chi connectivity index (χ0v) is 13.2. The highest BCUT2D eigenvalue weighted by molar-refractivity contribution is 5.93. The number of allylic oxidation sites excluding steroid dienone is 1. The lowest BCUT2D eigenvalue weighted by atomic mass is 9.72. The Kier molecular flexibility index (Phi) is 6.59. The third-order valence-electron chi connectivity index (χ3n) is 3.76. The number of carbonyl (C=O) groups excluding carboxylic acids is 3. The number of ketones is 1. The van der Waals surface area contributed by atoms with Gasteiger partial charge in [0.05, 0.1) is 6.61 Å². The summed E-state index contributed by atoms with van der Waals surface area (Å²) in [6, 6.07) is 0. The van der Waals surface area contributed by atoms with Crippen LogP contribution in [0.4, 0.5) is 0 Å². The van der Waals surface area contributed by atoms with Crippen molar-refractivity contribution in [1.29, 1.82) is 0 Å². The molecule has 0 radical (unpaired) electrons. The van der Waals surface area contributed by atoms with Crippen LogP contribution in [0.2, 0.25) is 0 Å². The van der Waals surface area contributed by atoms with Crippen LogP contribution in [-0.2, 0) is 19.1 Å². The van der Waals surface area contributed by atoms with Crippen LogP contribution in [0.5, 0.6) is 0 Å². The highest BCUT2D eigenvalue weighted by Crippen LogP contribution is 2.38. The third-order valence-corrected chi connectivity index (χ3v) is 3.76. The fourth-order valence-electron chi connectivity index (χ4n) is 2.73. The van der Waals surface area contributed by atoms with Crippen LogP contribution in [0.1, 0.15) is 59.3 Å². The van der Waals surface area contributed by atoms with Gasteiger partial charge >= 0.3 is 5.97 Å². The maximum Gasteiger partial charge on any atom is 0.354 e. The summed E-state index contributed by atoms with van der Waals surface area (Å²) in [4.78, 5) is 34.4. The number of hydrogen-bond acceptors (Lipinski definition) is 4. The van der Waals surface area contributed by atoms with Crippen LogP contribution in [-0.4, -0.2) is 24.3 Å². The smallest absolute Gasteiger partial charge is 0.354 e. The summed E-state index contributed by atoms with van der Waals surface area (Å²) in [6.45, 7) is 5.45. The van der Waals surface area contributed by atoms with Crippen molar-refractivity contribution in [3.05, 3.63) is 11.8 Å². The second-order valence-electron chi connectivity index (χ2n) is 5.94. The third kappa shape index (κ3) is 6.10. The zero-order valence-electron chi connectivity index (χ0n) is 13.2. The van der Waals surface area contributed by atoms with Gasteiger partial charge in [-0.3, -0.25) is 9.59 Å². The molecular weight excluding hydrogens is 270 g/mol. The molecule has 1 aliphatic carbocycles. The molecule has 0 aromatic heterocycles. The molecule has 0 bridgehead atoms. The summed E-state index contributed by atoms with van der Waals surface area (Å²) in [5.74, 6) is -0.494. The molecule has 1 N–H and O–H groups in total. The molecule has 118 valence electrons. The highest BCUT2D eigenvalue weighted by atomic mass is 16.5. The molecule has 0 aromatic rings. The molecule has 1 fully saturated rings. The number of esters is 1. The monoisotopic (exact) mass is 295 g/mol. The van der Waals surface area contributed by atoms with Gasteiger partial charge in [0.15, 0.2) is 0 Å². The number of nitrogens with one attached hydrogen (secondary N) is 1. The topological polar surface area (TPSA) is 72.5 Å². The van der Waals surface area contributed by atoms with Crippen molar-refractivity contribution >= 4 is 17.7 Å². The fraction of sp³-hybridized carbons (Fsp3) is 0.688. The van der Waals surface area contributed by atoms with Gasteiger partial charge in [0.2, 0.25) is 5.91 Å². The van der Waals surface area contributed by atoms with Gasteiger partial charge in [-0.05, 0) is 38.0 Å². The lowest BCUT2D eigenvalue weighted by Crippen LogP contribution is -2.27. The first-order valence-electron chi connectivity index (χ1n) is 7.53. The van der Waals surface area contributed by atoms with E-state index in [1.165, 1.54) is 6.92 Å². The molecule has 1 saturated carbocycles. The molecule has 0 saturated heterocycles. The molecule has 1 unspecified atom stereocenters. The Morgan fingerprint density at radius 1 is 1.43 bits per heavy atom. The average molecular weight is 295 g/mol. The van der Waals surface area contributed by atoms with E-state index < -0.39 is 5.97 Å². The first-order valence-corrected chi connectivity index (χ1v) is 7.53. The Morgan fingerprint density at radius 3 is 2.71 bits per heavy atom. The average Bonchev–Trinajstić information content (AvgIpc) is 2.36. The van der Waals surface area contributed by atoms with Gasteiger partial charge in [-0.25, -0.2) is 4.79 Å². The van der Waals surface area contributed by atoms with Gasteiger partial charge in [-0.1, -0.05) is 13.0 Å². The summed E-state index contributed by atoms with van der Waals surface area (Å²) in [5, 5.41) is 2.50. The lowest BCUT2D eigenvalue weighted by Gasteiger charge is -2.32. The quantitative estimate of drug-likeness (QED) is 0.603. The number of Topliss-reactive ketones (excluding diaryl/α,β-unsaturated/α-hetero) is 1. The first-order chi connectivity index (χ1) is 9.86. The molecule has 0 heterocycles. The minimum absolute atomic E-state index is 0.00181. The van der Waals surface area contributed by atoms with Crippen LogP contribution in [0.3, 0.4) is 0 Å². The normalized spacial score (nSPS) is 22.8. The molecule has 1 rings (SSSR count). The Bertz CT molecular complexity index is 442. The number of carbonyl (C=O) groups is 3. The van der Waals surface area contributed by atoms with Crippen LogP contribution >= 0.6 is 0 Å². The number of ether oxygens (including phenoxy) is 1. The van der Waals surface area contributed by atoms with Crippen molar-refractivity contribution in [3.8, 4) is 0 Å². The molecule has 5 heteroatoms. The van der Waals surface area contributed by atoms with E-state index >= 15 is 0 Å². The summed E-state index contributed by atoms with van der Waals surface area (Å²) >= 11 is 0. The number of rotatable bonds is 6. The van der Waals surface area contributed by atoms with Crippen LogP contribution in [0, 0.1) is 5.41 Å². The van der Waals surface area contributed by atoms with E-state index in [0.717, 1.165) is 19.3 Å². The second kappa shape index (κ2) is 7.96. The Morgan fingerprint density at radius 2 is 2.14 bits per heavy atom. The van der Waals surface area contributed by atoms with E-state index in [2.05, 4.69) is 12.2 Å². The molecule has 1 aliphatic rings. The maximum atomic E-state index is 11.7.